The molecule has 5 aromatic carbocycles. The van der Waals surface area contributed by atoms with Crippen LogP contribution in [0.2, 0.25) is 0 Å². The topological polar surface area (TPSA) is 62.1 Å². The molecule has 10 rings (SSSR count). The number of aromatic nitrogens is 3. The van der Waals surface area contributed by atoms with Crippen molar-refractivity contribution in [3.05, 3.63) is 165 Å². The van der Waals surface area contributed by atoms with Gasteiger partial charge in [0.15, 0.2) is 0 Å². The molecule has 8 aromatic rings. The van der Waals surface area contributed by atoms with E-state index in [1.807, 2.05) is 43.3 Å². The van der Waals surface area contributed by atoms with E-state index in [0.29, 0.717) is 34.5 Å². The summed E-state index contributed by atoms with van der Waals surface area (Å²) < 4.78 is 14.9. The Morgan fingerprint density at radius 3 is 1.38 bits per heavy atom. The smallest absolute Gasteiger partial charge is 0.214 e. The normalized spacial score (nSPS) is 13.1. The second-order valence-electron chi connectivity index (χ2n) is 13.1. The molecule has 0 unspecified atom stereocenters. The third-order valence-corrected chi connectivity index (χ3v) is 9.75. The van der Waals surface area contributed by atoms with Gasteiger partial charge in [0.1, 0.15) is 0 Å². The predicted molar refractivity (Wildman–Crippen MR) is 212 cm³/mol. The van der Waals surface area contributed by atoms with Gasteiger partial charge in [-0.15, -0.1) is 30.4 Å². The van der Waals surface area contributed by atoms with Gasteiger partial charge in [0.2, 0.25) is 11.8 Å². The Hall–Kier alpha value is -5.68. The van der Waals surface area contributed by atoms with Crippen LogP contribution in [0.15, 0.2) is 122 Å². The van der Waals surface area contributed by atoms with Gasteiger partial charge in [-0.05, 0) is 50.5 Å². The van der Waals surface area contributed by atoms with Gasteiger partial charge in [0.25, 0.3) is 0 Å². The number of anilines is 6. The zero-order chi connectivity index (χ0) is 36.3. The molecule has 0 radical (unpaired) electrons. The maximum atomic E-state index is 6.40. The Kier molecular flexibility index (Phi) is 10.1. The standard InChI is InChI=1S/C45H31N7O2.2Pd/c1-30-42(53-44-16-8-10-22-46-44)26-33(27-43(30)54-45-17-9-11-23-47-45)52-40-24-31(50-28-48(2)36-12-4-6-14-38(36)50)18-20-34(40)35-21-19-32(25-41(35)52)51-29-49(3)37-13-5-7-15-39(37)51;;/h4-23,28-29H,1-3H3;;/q-6;;. The predicted octanol–water partition coefficient (Wildman–Crippen LogP) is 10.1. The molecule has 9 nitrogen and oxygen atoms in total. The zero-order valence-electron chi connectivity index (χ0n) is 30.3. The van der Waals surface area contributed by atoms with Gasteiger partial charge in [-0.3, -0.25) is 12.1 Å². The average Bonchev–Trinajstić information content (AvgIpc) is 3.85. The first kappa shape index (κ1) is 37.3. The summed E-state index contributed by atoms with van der Waals surface area (Å²) >= 11 is 0. The fraction of sp³-hybridized carbons (Fsp3) is 0.0667. The number of pyridine rings is 2. The Labute approximate surface area is 353 Å². The van der Waals surface area contributed by atoms with E-state index in [4.69, 9.17) is 9.47 Å². The molecule has 0 saturated heterocycles. The Morgan fingerprint density at radius 1 is 0.518 bits per heavy atom. The minimum atomic E-state index is 0. The van der Waals surface area contributed by atoms with E-state index < -0.39 is 0 Å². The Bertz CT molecular complexity index is 2530. The molecule has 0 atom stereocenters. The summed E-state index contributed by atoms with van der Waals surface area (Å²) in [5, 5.41) is 2.00. The minimum Gasteiger partial charge on any atom is -0.504 e. The van der Waals surface area contributed by atoms with Crippen molar-refractivity contribution in [2.75, 3.05) is 33.7 Å². The van der Waals surface area contributed by atoms with Crippen molar-refractivity contribution in [1.82, 2.24) is 14.5 Å². The summed E-state index contributed by atoms with van der Waals surface area (Å²) in [4.78, 5) is 17.4. The number of hydrogen-bond donors (Lipinski definition) is 0. The van der Waals surface area contributed by atoms with Crippen molar-refractivity contribution in [1.29, 1.82) is 0 Å². The van der Waals surface area contributed by atoms with Crippen LogP contribution in [0.3, 0.4) is 0 Å². The molecule has 2 aliphatic heterocycles. The minimum absolute atomic E-state index is 0. The van der Waals surface area contributed by atoms with Crippen molar-refractivity contribution in [2.45, 2.75) is 6.92 Å². The molecule has 56 heavy (non-hydrogen) atoms. The van der Waals surface area contributed by atoms with E-state index in [2.05, 4.69) is 159 Å². The molecular formula is C45H31N7O2Pd2-6. The maximum absolute atomic E-state index is 6.40. The van der Waals surface area contributed by atoms with Gasteiger partial charge in [-0.1, -0.05) is 58.9 Å². The summed E-state index contributed by atoms with van der Waals surface area (Å²) in [6.07, 6.45) is 3.39. The van der Waals surface area contributed by atoms with Gasteiger partial charge in [0, 0.05) is 88.1 Å². The number of fused-ring (bicyclic) bond motifs is 5. The SMILES string of the molecule is Cc1c(Oc2ccccn2)[c-]c(-n2c3[c-]c(N4[CH-]N(C)c5ccccc54)ccc3c3ccc(N4[CH-]N(C)c5ccccc54)[c-]c32)[c-]c1Oc1ccccn1.[Pd].[Pd]. The molecular weight excluding hydrogens is 883 g/mol. The quantitative estimate of drug-likeness (QED) is 0.116. The third-order valence-electron chi connectivity index (χ3n) is 9.75. The molecule has 2 aliphatic rings. The van der Waals surface area contributed by atoms with Crippen LogP contribution in [-0.4, -0.2) is 28.6 Å². The number of ether oxygens (including phenoxy) is 2. The molecule has 0 saturated carbocycles. The number of rotatable bonds is 7. The largest absolute Gasteiger partial charge is 0.504 e. The van der Waals surface area contributed by atoms with E-state index in [1.165, 1.54) is 0 Å². The van der Waals surface area contributed by atoms with Gasteiger partial charge < -0.3 is 33.6 Å². The van der Waals surface area contributed by atoms with Crippen molar-refractivity contribution in [3.63, 3.8) is 0 Å². The van der Waals surface area contributed by atoms with Crippen LogP contribution in [-0.2, 0) is 40.8 Å². The zero-order valence-corrected chi connectivity index (χ0v) is 33.4. The fourth-order valence-electron chi connectivity index (χ4n) is 7.14. The number of para-hydroxylation sites is 4. The van der Waals surface area contributed by atoms with E-state index in [0.717, 1.165) is 55.9 Å². The van der Waals surface area contributed by atoms with E-state index in [9.17, 15) is 0 Å². The van der Waals surface area contributed by atoms with Crippen LogP contribution in [0.4, 0.5) is 34.1 Å². The second kappa shape index (κ2) is 15.1. The molecule has 5 heterocycles. The molecule has 3 aromatic heterocycles. The first-order valence-electron chi connectivity index (χ1n) is 17.5. The Balaban J connectivity index is 0.00000220. The maximum Gasteiger partial charge on any atom is 0.214 e. The van der Waals surface area contributed by atoms with Crippen molar-refractivity contribution < 1.29 is 50.3 Å². The Morgan fingerprint density at radius 2 is 0.946 bits per heavy atom. The summed E-state index contributed by atoms with van der Waals surface area (Å²) in [5.74, 6) is 1.76. The van der Waals surface area contributed by atoms with Gasteiger partial charge >= 0.3 is 0 Å². The van der Waals surface area contributed by atoms with Crippen molar-refractivity contribution in [3.8, 4) is 28.9 Å². The fourth-order valence-corrected chi connectivity index (χ4v) is 7.14. The van der Waals surface area contributed by atoms with Crippen LogP contribution in [0.25, 0.3) is 27.5 Å². The summed E-state index contributed by atoms with van der Waals surface area (Å²) in [5.41, 5.74) is 9.05. The van der Waals surface area contributed by atoms with Crippen LogP contribution >= 0.6 is 0 Å². The molecule has 284 valence electrons. The summed E-state index contributed by atoms with van der Waals surface area (Å²) in [6, 6.07) is 51.0. The molecule has 0 N–H and O–H groups in total. The average molecular weight is 915 g/mol. The first-order chi connectivity index (χ1) is 26.5. The van der Waals surface area contributed by atoms with Crippen molar-refractivity contribution in [2.24, 2.45) is 0 Å². The molecule has 0 amide bonds. The molecule has 11 heteroatoms. The second-order valence-corrected chi connectivity index (χ2v) is 13.1. The molecule has 0 aliphatic carbocycles. The van der Waals surface area contributed by atoms with Crippen LogP contribution in [0.1, 0.15) is 5.56 Å². The van der Waals surface area contributed by atoms with E-state index in [-0.39, 0.29) is 40.8 Å². The van der Waals surface area contributed by atoms with Gasteiger partial charge in [-0.25, -0.2) is 9.97 Å². The number of hydrogen-bond acceptors (Lipinski definition) is 8. The first-order valence-corrected chi connectivity index (χ1v) is 17.5. The van der Waals surface area contributed by atoms with E-state index >= 15 is 0 Å². The van der Waals surface area contributed by atoms with Crippen LogP contribution in [0, 0.1) is 44.5 Å². The summed E-state index contributed by atoms with van der Waals surface area (Å²) in [6.45, 7) is 6.08. The van der Waals surface area contributed by atoms with Crippen LogP contribution < -0.4 is 29.1 Å². The van der Waals surface area contributed by atoms with Crippen LogP contribution in [0.5, 0.6) is 23.3 Å². The number of nitrogens with zero attached hydrogens (tertiary/aromatic N) is 7. The van der Waals surface area contributed by atoms with Gasteiger partial charge in [-0.2, -0.15) is 59.6 Å². The number of benzene rings is 5. The van der Waals surface area contributed by atoms with Crippen molar-refractivity contribution >= 4 is 55.9 Å². The molecule has 0 spiro atoms. The molecule has 0 bridgehead atoms. The molecule has 0 fully saturated rings. The van der Waals surface area contributed by atoms with E-state index in [1.54, 1.807) is 12.4 Å². The third kappa shape index (κ3) is 6.37. The monoisotopic (exact) mass is 913 g/mol. The van der Waals surface area contributed by atoms with Gasteiger partial charge in [0.05, 0.1) is 0 Å². The summed E-state index contributed by atoms with van der Waals surface area (Å²) in [7, 11) is 4.11.